The summed E-state index contributed by atoms with van der Waals surface area (Å²) < 4.78 is 10.8. The van der Waals surface area contributed by atoms with E-state index in [0.29, 0.717) is 23.6 Å². The standard InChI is InChI=1S/C26H27N3O3/c1-5-20-21-13-19(26(30)29(2)16-17-7-6-12-27-15-17)8-10-22(21)28-25(20)18-9-11-23(31-3)24(14-18)32-4/h6-15,28H,5,16H2,1-4H3. The van der Waals surface area contributed by atoms with Crippen molar-refractivity contribution in [2.45, 2.75) is 19.9 Å². The van der Waals surface area contributed by atoms with Gasteiger partial charge in [0.25, 0.3) is 5.91 Å². The molecule has 0 unspecified atom stereocenters. The Morgan fingerprint density at radius 3 is 2.56 bits per heavy atom. The summed E-state index contributed by atoms with van der Waals surface area (Å²) in [5.74, 6) is 1.35. The van der Waals surface area contributed by atoms with Crippen molar-refractivity contribution in [1.29, 1.82) is 0 Å². The molecular formula is C26H27N3O3. The van der Waals surface area contributed by atoms with E-state index >= 15 is 0 Å². The normalized spacial score (nSPS) is 10.9. The van der Waals surface area contributed by atoms with Crippen molar-refractivity contribution in [1.82, 2.24) is 14.9 Å². The largest absolute Gasteiger partial charge is 0.493 e. The number of aromatic nitrogens is 2. The van der Waals surface area contributed by atoms with Crippen LogP contribution in [0.3, 0.4) is 0 Å². The van der Waals surface area contributed by atoms with E-state index < -0.39 is 0 Å². The molecule has 2 aromatic carbocycles. The van der Waals surface area contributed by atoms with E-state index in [4.69, 9.17) is 9.47 Å². The van der Waals surface area contributed by atoms with Crippen LogP contribution in [0.5, 0.6) is 11.5 Å². The fourth-order valence-corrected chi connectivity index (χ4v) is 4.04. The lowest BCUT2D eigenvalue weighted by Gasteiger charge is -2.17. The zero-order chi connectivity index (χ0) is 22.7. The molecule has 2 aromatic heterocycles. The highest BCUT2D eigenvalue weighted by atomic mass is 16.5. The molecule has 0 saturated carbocycles. The van der Waals surface area contributed by atoms with Crippen molar-refractivity contribution in [2.24, 2.45) is 0 Å². The lowest BCUT2D eigenvalue weighted by molar-refractivity contribution is 0.0785. The number of H-pyrrole nitrogens is 1. The Hall–Kier alpha value is -3.80. The number of nitrogens with zero attached hydrogens (tertiary/aromatic N) is 2. The number of amides is 1. The Balaban J connectivity index is 1.70. The number of rotatable bonds is 7. The number of ether oxygens (including phenoxy) is 2. The molecule has 0 radical (unpaired) electrons. The van der Waals surface area contributed by atoms with Gasteiger partial charge >= 0.3 is 0 Å². The van der Waals surface area contributed by atoms with Gasteiger partial charge in [-0.3, -0.25) is 9.78 Å². The first-order valence-electron chi connectivity index (χ1n) is 10.6. The number of nitrogens with one attached hydrogen (secondary N) is 1. The minimum Gasteiger partial charge on any atom is -0.493 e. The van der Waals surface area contributed by atoms with Crippen LogP contribution in [0, 0.1) is 0 Å². The molecule has 1 N–H and O–H groups in total. The highest BCUT2D eigenvalue weighted by Crippen LogP contribution is 2.36. The van der Waals surface area contributed by atoms with Crippen LogP contribution in [-0.4, -0.2) is 42.0 Å². The van der Waals surface area contributed by atoms with Crippen LogP contribution in [0.15, 0.2) is 60.9 Å². The molecule has 0 bridgehead atoms. The number of benzene rings is 2. The minimum absolute atomic E-state index is 0.0216. The smallest absolute Gasteiger partial charge is 0.253 e. The van der Waals surface area contributed by atoms with E-state index in [-0.39, 0.29) is 5.91 Å². The number of aryl methyl sites for hydroxylation is 1. The van der Waals surface area contributed by atoms with Crippen molar-refractivity contribution in [3.05, 3.63) is 77.6 Å². The monoisotopic (exact) mass is 429 g/mol. The van der Waals surface area contributed by atoms with Crippen LogP contribution in [-0.2, 0) is 13.0 Å². The van der Waals surface area contributed by atoms with Crippen LogP contribution in [0.4, 0.5) is 0 Å². The second-order valence-corrected chi connectivity index (χ2v) is 7.68. The second kappa shape index (κ2) is 9.14. The fourth-order valence-electron chi connectivity index (χ4n) is 4.04. The topological polar surface area (TPSA) is 67.5 Å². The Bertz CT molecular complexity index is 1250. The SMILES string of the molecule is CCc1c(-c2ccc(OC)c(OC)c2)[nH]c2ccc(C(=O)N(C)Cc3cccnc3)cc12. The quantitative estimate of drug-likeness (QED) is 0.445. The molecule has 164 valence electrons. The molecule has 6 nitrogen and oxygen atoms in total. The van der Waals surface area contributed by atoms with E-state index in [1.807, 2.05) is 55.6 Å². The van der Waals surface area contributed by atoms with Gasteiger partial charge in [0.2, 0.25) is 0 Å². The maximum absolute atomic E-state index is 13.1. The van der Waals surface area contributed by atoms with Gasteiger partial charge in [0.15, 0.2) is 11.5 Å². The molecule has 2 heterocycles. The highest BCUT2D eigenvalue weighted by molar-refractivity contribution is 6.00. The predicted octanol–water partition coefficient (Wildman–Crippen LogP) is 5.08. The first-order valence-corrected chi connectivity index (χ1v) is 10.6. The number of hydrogen-bond acceptors (Lipinski definition) is 4. The Morgan fingerprint density at radius 1 is 1.06 bits per heavy atom. The summed E-state index contributed by atoms with van der Waals surface area (Å²) in [6.45, 7) is 2.63. The number of hydrogen-bond donors (Lipinski definition) is 1. The zero-order valence-corrected chi connectivity index (χ0v) is 18.8. The van der Waals surface area contributed by atoms with Gasteiger partial charge in [-0.05, 0) is 60.0 Å². The molecule has 0 fully saturated rings. The highest BCUT2D eigenvalue weighted by Gasteiger charge is 2.18. The first kappa shape index (κ1) is 21.4. The van der Waals surface area contributed by atoms with Gasteiger partial charge < -0.3 is 19.4 Å². The molecule has 4 aromatic rings. The summed E-state index contributed by atoms with van der Waals surface area (Å²) in [7, 11) is 5.07. The Kier molecular flexibility index (Phi) is 6.12. The number of aromatic amines is 1. The maximum Gasteiger partial charge on any atom is 0.253 e. The molecule has 0 spiro atoms. The minimum atomic E-state index is -0.0216. The van der Waals surface area contributed by atoms with Crippen LogP contribution in [0.2, 0.25) is 0 Å². The third-order valence-corrected chi connectivity index (χ3v) is 5.67. The van der Waals surface area contributed by atoms with E-state index in [1.54, 1.807) is 31.5 Å². The lowest BCUT2D eigenvalue weighted by atomic mass is 10.0. The van der Waals surface area contributed by atoms with Crippen molar-refractivity contribution in [3.63, 3.8) is 0 Å². The molecule has 32 heavy (non-hydrogen) atoms. The molecule has 0 aliphatic rings. The molecule has 0 saturated heterocycles. The summed E-state index contributed by atoms with van der Waals surface area (Å²) in [4.78, 5) is 22.5. The predicted molar refractivity (Wildman–Crippen MR) is 126 cm³/mol. The molecule has 0 aliphatic heterocycles. The van der Waals surface area contributed by atoms with Gasteiger partial charge in [0.1, 0.15) is 0 Å². The zero-order valence-electron chi connectivity index (χ0n) is 18.8. The Labute approximate surface area is 187 Å². The van der Waals surface area contributed by atoms with Gasteiger partial charge in [-0.25, -0.2) is 0 Å². The third kappa shape index (κ3) is 4.04. The van der Waals surface area contributed by atoms with Crippen LogP contribution >= 0.6 is 0 Å². The number of fused-ring (bicyclic) bond motifs is 1. The van der Waals surface area contributed by atoms with Crippen LogP contribution in [0.1, 0.15) is 28.4 Å². The van der Waals surface area contributed by atoms with E-state index in [1.165, 1.54) is 0 Å². The summed E-state index contributed by atoms with van der Waals surface area (Å²) >= 11 is 0. The molecule has 1 amide bonds. The average molecular weight is 430 g/mol. The number of carbonyl (C=O) groups is 1. The van der Waals surface area contributed by atoms with Gasteiger partial charge in [-0.1, -0.05) is 13.0 Å². The van der Waals surface area contributed by atoms with E-state index in [0.717, 1.165) is 39.7 Å². The molecule has 4 rings (SSSR count). The van der Waals surface area contributed by atoms with Crippen molar-refractivity contribution < 1.29 is 14.3 Å². The Morgan fingerprint density at radius 2 is 1.88 bits per heavy atom. The summed E-state index contributed by atoms with van der Waals surface area (Å²) in [5, 5.41) is 1.05. The van der Waals surface area contributed by atoms with Gasteiger partial charge in [0, 0.05) is 53.7 Å². The fraction of sp³-hybridized carbons (Fsp3) is 0.231. The lowest BCUT2D eigenvalue weighted by Crippen LogP contribution is -2.26. The third-order valence-electron chi connectivity index (χ3n) is 5.67. The summed E-state index contributed by atoms with van der Waals surface area (Å²) in [6, 6.07) is 15.6. The maximum atomic E-state index is 13.1. The van der Waals surface area contributed by atoms with Gasteiger partial charge in [0.05, 0.1) is 14.2 Å². The van der Waals surface area contributed by atoms with Gasteiger partial charge in [-0.15, -0.1) is 0 Å². The van der Waals surface area contributed by atoms with Crippen molar-refractivity contribution >= 4 is 16.8 Å². The molecule has 0 aliphatic carbocycles. The summed E-state index contributed by atoms with van der Waals surface area (Å²) in [6.07, 6.45) is 4.34. The van der Waals surface area contributed by atoms with Crippen LogP contribution < -0.4 is 9.47 Å². The molecule has 0 atom stereocenters. The number of pyridine rings is 1. The van der Waals surface area contributed by atoms with E-state index in [9.17, 15) is 4.79 Å². The summed E-state index contributed by atoms with van der Waals surface area (Å²) in [5.41, 5.74) is 5.86. The average Bonchev–Trinajstić information content (AvgIpc) is 3.21. The molecule has 6 heteroatoms. The number of carbonyl (C=O) groups excluding carboxylic acids is 1. The van der Waals surface area contributed by atoms with Crippen molar-refractivity contribution in [2.75, 3.05) is 21.3 Å². The second-order valence-electron chi connectivity index (χ2n) is 7.68. The van der Waals surface area contributed by atoms with Gasteiger partial charge in [-0.2, -0.15) is 0 Å². The number of methoxy groups -OCH3 is 2. The molecular weight excluding hydrogens is 402 g/mol. The van der Waals surface area contributed by atoms with E-state index in [2.05, 4.69) is 16.9 Å². The first-order chi connectivity index (χ1) is 15.5. The van der Waals surface area contributed by atoms with Crippen LogP contribution in [0.25, 0.3) is 22.2 Å². The van der Waals surface area contributed by atoms with Crippen molar-refractivity contribution in [3.8, 4) is 22.8 Å².